The van der Waals surface area contributed by atoms with E-state index in [1.54, 1.807) is 17.0 Å². The molecule has 29 heavy (non-hydrogen) atoms. The molecule has 0 aliphatic carbocycles. The standard InChI is InChI=1S/C22H30FN3O3/c1-3-17(4-2)20(27)24-11-9-19(10-12-24)26-14-13-25(21(28)22(26)29)15-16-5-7-18(23)8-6-16/h5-8,17,19H,3-4,9-15H2,1-2H3. The van der Waals surface area contributed by atoms with E-state index in [9.17, 15) is 18.8 Å². The molecule has 2 aliphatic rings. The van der Waals surface area contributed by atoms with Gasteiger partial charge in [-0.25, -0.2) is 4.39 Å². The fourth-order valence-electron chi connectivity index (χ4n) is 4.29. The van der Waals surface area contributed by atoms with Gasteiger partial charge in [-0.2, -0.15) is 0 Å². The molecular weight excluding hydrogens is 373 g/mol. The minimum absolute atomic E-state index is 0.00479. The second-order valence-corrected chi connectivity index (χ2v) is 7.92. The van der Waals surface area contributed by atoms with Crippen LogP contribution in [0.5, 0.6) is 0 Å². The molecule has 2 aliphatic heterocycles. The molecule has 3 amide bonds. The normalized spacial score (nSPS) is 18.7. The van der Waals surface area contributed by atoms with Crippen molar-refractivity contribution < 1.29 is 18.8 Å². The van der Waals surface area contributed by atoms with E-state index in [0.717, 1.165) is 18.4 Å². The van der Waals surface area contributed by atoms with Crippen LogP contribution in [0.2, 0.25) is 0 Å². The van der Waals surface area contributed by atoms with Crippen molar-refractivity contribution in [3.8, 4) is 0 Å². The van der Waals surface area contributed by atoms with Gasteiger partial charge in [0.2, 0.25) is 5.91 Å². The van der Waals surface area contributed by atoms with Crippen LogP contribution in [-0.4, -0.2) is 64.6 Å². The number of amides is 3. The zero-order valence-corrected chi connectivity index (χ0v) is 17.3. The van der Waals surface area contributed by atoms with Gasteiger partial charge >= 0.3 is 11.8 Å². The Morgan fingerprint density at radius 1 is 1.00 bits per heavy atom. The van der Waals surface area contributed by atoms with Crippen molar-refractivity contribution in [3.05, 3.63) is 35.6 Å². The van der Waals surface area contributed by atoms with Crippen LogP contribution in [0.15, 0.2) is 24.3 Å². The number of carbonyl (C=O) groups is 3. The molecule has 3 rings (SSSR count). The Labute approximate surface area is 171 Å². The van der Waals surface area contributed by atoms with Crippen LogP contribution in [0.3, 0.4) is 0 Å². The van der Waals surface area contributed by atoms with E-state index in [1.165, 1.54) is 17.0 Å². The quantitative estimate of drug-likeness (QED) is 0.686. The number of halogens is 1. The summed E-state index contributed by atoms with van der Waals surface area (Å²) in [5, 5.41) is 0. The minimum atomic E-state index is -0.504. The SMILES string of the molecule is CCC(CC)C(=O)N1CCC(N2CCN(Cc3ccc(F)cc3)C(=O)C2=O)CC1. The summed E-state index contributed by atoms with van der Waals surface area (Å²) in [6, 6.07) is 5.98. The third-order valence-corrected chi connectivity index (χ3v) is 6.18. The Kier molecular flexibility index (Phi) is 6.87. The summed E-state index contributed by atoms with van der Waals surface area (Å²) in [7, 11) is 0. The number of piperidine rings is 1. The fourth-order valence-corrected chi connectivity index (χ4v) is 4.29. The van der Waals surface area contributed by atoms with Crippen LogP contribution >= 0.6 is 0 Å². The Morgan fingerprint density at radius 3 is 2.21 bits per heavy atom. The topological polar surface area (TPSA) is 60.9 Å². The van der Waals surface area contributed by atoms with Crippen LogP contribution in [-0.2, 0) is 20.9 Å². The van der Waals surface area contributed by atoms with E-state index in [-0.39, 0.29) is 23.7 Å². The zero-order valence-electron chi connectivity index (χ0n) is 17.3. The number of hydrogen-bond donors (Lipinski definition) is 0. The Morgan fingerprint density at radius 2 is 1.62 bits per heavy atom. The van der Waals surface area contributed by atoms with Gasteiger partial charge in [-0.15, -0.1) is 0 Å². The van der Waals surface area contributed by atoms with Crippen LogP contribution in [0.1, 0.15) is 45.1 Å². The van der Waals surface area contributed by atoms with Crippen molar-refractivity contribution in [2.24, 2.45) is 5.92 Å². The second-order valence-electron chi connectivity index (χ2n) is 7.92. The number of likely N-dealkylation sites (tertiary alicyclic amines) is 1. The zero-order chi connectivity index (χ0) is 21.0. The minimum Gasteiger partial charge on any atom is -0.342 e. The van der Waals surface area contributed by atoms with Gasteiger partial charge in [0.15, 0.2) is 0 Å². The third kappa shape index (κ3) is 4.77. The van der Waals surface area contributed by atoms with Crippen molar-refractivity contribution in [1.82, 2.24) is 14.7 Å². The highest BCUT2D eigenvalue weighted by Crippen LogP contribution is 2.23. The molecule has 6 nitrogen and oxygen atoms in total. The van der Waals surface area contributed by atoms with Crippen molar-refractivity contribution in [2.45, 2.75) is 52.1 Å². The summed E-state index contributed by atoms with van der Waals surface area (Å²) >= 11 is 0. The Hall–Kier alpha value is -2.44. The van der Waals surface area contributed by atoms with Crippen LogP contribution in [0.4, 0.5) is 4.39 Å². The summed E-state index contributed by atoms with van der Waals surface area (Å²) < 4.78 is 13.1. The van der Waals surface area contributed by atoms with Crippen molar-refractivity contribution in [1.29, 1.82) is 0 Å². The first-order chi connectivity index (χ1) is 13.9. The Balaban J connectivity index is 1.54. The lowest BCUT2D eigenvalue weighted by Gasteiger charge is -2.42. The lowest BCUT2D eigenvalue weighted by atomic mass is 9.97. The predicted molar refractivity (Wildman–Crippen MR) is 107 cm³/mol. The maximum absolute atomic E-state index is 13.1. The highest BCUT2D eigenvalue weighted by molar-refractivity contribution is 6.35. The van der Waals surface area contributed by atoms with E-state index in [4.69, 9.17) is 0 Å². The van der Waals surface area contributed by atoms with Gasteiger partial charge in [0.05, 0.1) is 0 Å². The molecule has 0 aromatic heterocycles. The van der Waals surface area contributed by atoms with Crippen LogP contribution < -0.4 is 0 Å². The number of nitrogens with zero attached hydrogens (tertiary/aromatic N) is 3. The third-order valence-electron chi connectivity index (χ3n) is 6.18. The fraction of sp³-hybridized carbons (Fsp3) is 0.591. The van der Waals surface area contributed by atoms with Crippen LogP contribution in [0.25, 0.3) is 0 Å². The highest BCUT2D eigenvalue weighted by Gasteiger charge is 2.38. The van der Waals surface area contributed by atoms with Crippen molar-refractivity contribution in [3.63, 3.8) is 0 Å². The summed E-state index contributed by atoms with van der Waals surface area (Å²) in [5.74, 6) is -1.01. The molecule has 0 N–H and O–H groups in total. The molecule has 0 atom stereocenters. The number of benzene rings is 1. The first kappa shape index (κ1) is 21.3. The average Bonchev–Trinajstić information content (AvgIpc) is 2.74. The molecule has 1 aromatic rings. The lowest BCUT2D eigenvalue weighted by molar-refractivity contribution is -0.159. The molecule has 2 heterocycles. The van der Waals surface area contributed by atoms with E-state index >= 15 is 0 Å². The van der Waals surface area contributed by atoms with Gasteiger partial charge in [0, 0.05) is 44.7 Å². The predicted octanol–water partition coefficient (Wildman–Crippen LogP) is 2.42. The second kappa shape index (κ2) is 9.37. The lowest BCUT2D eigenvalue weighted by Crippen LogP contribution is -2.59. The van der Waals surface area contributed by atoms with Gasteiger partial charge in [0.1, 0.15) is 5.82 Å². The summed E-state index contributed by atoms with van der Waals surface area (Å²) in [4.78, 5) is 43.0. The smallest absolute Gasteiger partial charge is 0.312 e. The van der Waals surface area contributed by atoms with E-state index in [0.29, 0.717) is 45.6 Å². The first-order valence-corrected chi connectivity index (χ1v) is 10.6. The van der Waals surface area contributed by atoms with Crippen LogP contribution in [0, 0.1) is 11.7 Å². The molecule has 0 radical (unpaired) electrons. The molecule has 1 aromatic carbocycles. The van der Waals surface area contributed by atoms with E-state index in [1.807, 2.05) is 18.7 Å². The van der Waals surface area contributed by atoms with Gasteiger partial charge in [-0.1, -0.05) is 26.0 Å². The molecule has 7 heteroatoms. The summed E-state index contributed by atoms with van der Waals surface area (Å²) in [5.41, 5.74) is 0.800. The van der Waals surface area contributed by atoms with E-state index < -0.39 is 11.8 Å². The molecule has 0 spiro atoms. The number of carbonyl (C=O) groups excluding carboxylic acids is 3. The van der Waals surface area contributed by atoms with Gasteiger partial charge in [0.25, 0.3) is 0 Å². The molecule has 2 fully saturated rings. The average molecular weight is 403 g/mol. The molecule has 0 bridgehead atoms. The molecule has 0 unspecified atom stereocenters. The maximum atomic E-state index is 13.1. The van der Waals surface area contributed by atoms with Crippen molar-refractivity contribution >= 4 is 17.7 Å². The first-order valence-electron chi connectivity index (χ1n) is 10.6. The molecule has 158 valence electrons. The van der Waals surface area contributed by atoms with Gasteiger partial charge < -0.3 is 14.7 Å². The molecule has 0 saturated carbocycles. The summed E-state index contributed by atoms with van der Waals surface area (Å²) in [6.45, 7) is 6.62. The molecule has 2 saturated heterocycles. The van der Waals surface area contributed by atoms with Gasteiger partial charge in [-0.05, 0) is 43.4 Å². The van der Waals surface area contributed by atoms with E-state index in [2.05, 4.69) is 0 Å². The largest absolute Gasteiger partial charge is 0.342 e. The maximum Gasteiger partial charge on any atom is 0.312 e. The number of hydrogen-bond acceptors (Lipinski definition) is 3. The monoisotopic (exact) mass is 403 g/mol. The number of rotatable bonds is 6. The van der Waals surface area contributed by atoms with Crippen molar-refractivity contribution in [2.75, 3.05) is 26.2 Å². The number of piperazine rings is 1. The highest BCUT2D eigenvalue weighted by atomic mass is 19.1. The summed E-state index contributed by atoms with van der Waals surface area (Å²) in [6.07, 6.45) is 3.11. The Bertz CT molecular complexity index is 740. The molecular formula is C22H30FN3O3. The van der Waals surface area contributed by atoms with Gasteiger partial charge in [-0.3, -0.25) is 14.4 Å².